The Labute approximate surface area is 142 Å². The van der Waals surface area contributed by atoms with Crippen molar-refractivity contribution in [3.8, 4) is 0 Å². The number of carbonyl (C=O) groups excluding carboxylic acids is 1. The van der Waals surface area contributed by atoms with Crippen LogP contribution >= 0.6 is 0 Å². The molecule has 2 heterocycles. The van der Waals surface area contributed by atoms with E-state index in [0.717, 1.165) is 23.5 Å². The van der Waals surface area contributed by atoms with Gasteiger partial charge in [0.15, 0.2) is 0 Å². The molecule has 1 amide bonds. The van der Waals surface area contributed by atoms with E-state index in [9.17, 15) is 4.79 Å². The first kappa shape index (κ1) is 16.2. The van der Waals surface area contributed by atoms with E-state index < -0.39 is 0 Å². The molecule has 124 valence electrons. The molecule has 24 heavy (non-hydrogen) atoms. The summed E-state index contributed by atoms with van der Waals surface area (Å²) < 4.78 is 1.94. The number of amides is 1. The highest BCUT2D eigenvalue weighted by atomic mass is 16.1. The zero-order valence-electron chi connectivity index (χ0n) is 14.6. The molecule has 2 aromatic heterocycles. The Morgan fingerprint density at radius 1 is 1.21 bits per heavy atom. The molecule has 3 aromatic rings. The molecule has 0 radical (unpaired) electrons. The molecular weight excluding hydrogens is 298 g/mol. The number of hydrogen-bond acceptors (Lipinski definition) is 2. The molecule has 0 atom stereocenters. The van der Waals surface area contributed by atoms with Crippen LogP contribution in [0.3, 0.4) is 0 Å². The van der Waals surface area contributed by atoms with Crippen LogP contribution in [0, 0.1) is 19.8 Å². The number of fused-ring (bicyclic) bond motifs is 1. The fraction of sp³-hybridized carbons (Fsp3) is 0.300. The standard InChI is InChI=1S/C20H23N3O/c1-13(2)10-16-6-5-7-17(12-16)22-20(24)18-8-9-23-15(4)11-14(3)21-19(18)23/h5-9,11-13H,10H2,1-4H3,(H,22,24). The molecular formula is C20H23N3O. The predicted octanol–water partition coefficient (Wildman–Crippen LogP) is 4.40. The highest BCUT2D eigenvalue weighted by molar-refractivity contribution is 6.08. The topological polar surface area (TPSA) is 46.4 Å². The Kier molecular flexibility index (Phi) is 4.38. The number of nitrogens with one attached hydrogen (secondary N) is 1. The summed E-state index contributed by atoms with van der Waals surface area (Å²) in [4.78, 5) is 17.2. The van der Waals surface area contributed by atoms with Crippen LogP contribution < -0.4 is 5.32 Å². The highest BCUT2D eigenvalue weighted by Gasteiger charge is 2.14. The molecule has 1 N–H and O–H groups in total. The second kappa shape index (κ2) is 6.48. The van der Waals surface area contributed by atoms with E-state index in [4.69, 9.17) is 0 Å². The van der Waals surface area contributed by atoms with Crippen molar-refractivity contribution in [1.29, 1.82) is 0 Å². The third-order valence-corrected chi connectivity index (χ3v) is 4.01. The normalized spacial score (nSPS) is 11.2. The van der Waals surface area contributed by atoms with Crippen LogP contribution in [0.25, 0.3) is 5.65 Å². The molecule has 0 saturated carbocycles. The minimum Gasteiger partial charge on any atom is -0.322 e. The summed E-state index contributed by atoms with van der Waals surface area (Å²) in [7, 11) is 0. The molecule has 0 aliphatic heterocycles. The molecule has 0 bridgehead atoms. The first-order valence-electron chi connectivity index (χ1n) is 8.29. The van der Waals surface area contributed by atoms with Gasteiger partial charge in [-0.3, -0.25) is 4.79 Å². The predicted molar refractivity (Wildman–Crippen MR) is 97.6 cm³/mol. The fourth-order valence-corrected chi connectivity index (χ4v) is 3.02. The maximum absolute atomic E-state index is 12.7. The van der Waals surface area contributed by atoms with Gasteiger partial charge >= 0.3 is 0 Å². The summed E-state index contributed by atoms with van der Waals surface area (Å²) in [5, 5.41) is 3.00. The molecule has 3 rings (SSSR count). The van der Waals surface area contributed by atoms with Gasteiger partial charge in [-0.1, -0.05) is 26.0 Å². The molecule has 0 saturated heterocycles. The van der Waals surface area contributed by atoms with Gasteiger partial charge in [0, 0.05) is 23.3 Å². The zero-order chi connectivity index (χ0) is 17.3. The van der Waals surface area contributed by atoms with Gasteiger partial charge in [-0.2, -0.15) is 0 Å². The van der Waals surface area contributed by atoms with Crippen molar-refractivity contribution in [3.05, 3.63) is 65.1 Å². The molecule has 0 aliphatic carbocycles. The van der Waals surface area contributed by atoms with Gasteiger partial charge in [-0.25, -0.2) is 4.98 Å². The number of rotatable bonds is 4. The number of aryl methyl sites for hydroxylation is 2. The first-order valence-corrected chi connectivity index (χ1v) is 8.29. The molecule has 0 fully saturated rings. The van der Waals surface area contributed by atoms with Gasteiger partial charge in [0.05, 0.1) is 5.56 Å². The first-order chi connectivity index (χ1) is 11.4. The van der Waals surface area contributed by atoms with Crippen molar-refractivity contribution in [1.82, 2.24) is 9.38 Å². The van der Waals surface area contributed by atoms with E-state index in [-0.39, 0.29) is 5.91 Å². The van der Waals surface area contributed by atoms with Gasteiger partial charge in [-0.15, -0.1) is 0 Å². The van der Waals surface area contributed by atoms with E-state index >= 15 is 0 Å². The number of anilines is 1. The van der Waals surface area contributed by atoms with Crippen LogP contribution in [0.15, 0.2) is 42.6 Å². The van der Waals surface area contributed by atoms with Gasteiger partial charge in [0.2, 0.25) is 0 Å². The van der Waals surface area contributed by atoms with Gasteiger partial charge in [0.1, 0.15) is 5.65 Å². The quantitative estimate of drug-likeness (QED) is 0.774. The van der Waals surface area contributed by atoms with E-state index in [1.54, 1.807) is 0 Å². The minimum absolute atomic E-state index is 0.128. The van der Waals surface area contributed by atoms with Crippen molar-refractivity contribution < 1.29 is 4.79 Å². The average molecular weight is 321 g/mol. The third-order valence-electron chi connectivity index (χ3n) is 4.01. The van der Waals surface area contributed by atoms with E-state index in [1.807, 2.05) is 54.8 Å². The van der Waals surface area contributed by atoms with Crippen LogP contribution in [0.1, 0.15) is 41.2 Å². The number of carbonyl (C=O) groups is 1. The third kappa shape index (κ3) is 3.32. The van der Waals surface area contributed by atoms with Crippen molar-refractivity contribution in [2.75, 3.05) is 5.32 Å². The molecule has 4 heteroatoms. The van der Waals surface area contributed by atoms with Crippen molar-refractivity contribution >= 4 is 17.2 Å². The molecule has 0 unspecified atom stereocenters. The Balaban J connectivity index is 1.88. The SMILES string of the molecule is Cc1cc(C)n2ccc(C(=O)Nc3cccc(CC(C)C)c3)c2n1. The van der Waals surface area contributed by atoms with Crippen molar-refractivity contribution in [3.63, 3.8) is 0 Å². The molecule has 0 spiro atoms. The summed E-state index contributed by atoms with van der Waals surface area (Å²) in [6.45, 7) is 8.33. The van der Waals surface area contributed by atoms with E-state index in [0.29, 0.717) is 17.1 Å². The fourth-order valence-electron chi connectivity index (χ4n) is 3.02. The second-order valence-corrected chi connectivity index (χ2v) is 6.71. The summed E-state index contributed by atoms with van der Waals surface area (Å²) in [5.74, 6) is 0.457. The number of aromatic nitrogens is 2. The lowest BCUT2D eigenvalue weighted by Gasteiger charge is -2.09. The number of hydrogen-bond donors (Lipinski definition) is 1. The lowest BCUT2D eigenvalue weighted by molar-refractivity contribution is 0.102. The smallest absolute Gasteiger partial charge is 0.259 e. The maximum Gasteiger partial charge on any atom is 0.259 e. The molecule has 4 nitrogen and oxygen atoms in total. The Bertz CT molecular complexity index is 893. The van der Waals surface area contributed by atoms with Crippen LogP contribution in [0.4, 0.5) is 5.69 Å². The highest BCUT2D eigenvalue weighted by Crippen LogP contribution is 2.18. The van der Waals surface area contributed by atoms with Crippen LogP contribution in [-0.2, 0) is 6.42 Å². The largest absolute Gasteiger partial charge is 0.322 e. The monoisotopic (exact) mass is 321 g/mol. The number of nitrogens with zero attached hydrogens (tertiary/aromatic N) is 2. The Morgan fingerprint density at radius 2 is 2.00 bits per heavy atom. The lowest BCUT2D eigenvalue weighted by atomic mass is 10.0. The Hall–Kier alpha value is -2.62. The maximum atomic E-state index is 12.7. The van der Waals surface area contributed by atoms with Gasteiger partial charge in [0.25, 0.3) is 5.91 Å². The summed E-state index contributed by atoms with van der Waals surface area (Å²) >= 11 is 0. The zero-order valence-corrected chi connectivity index (χ0v) is 14.6. The van der Waals surface area contributed by atoms with Crippen LogP contribution in [-0.4, -0.2) is 15.3 Å². The van der Waals surface area contributed by atoms with Gasteiger partial charge < -0.3 is 9.72 Å². The molecule has 1 aromatic carbocycles. The number of benzene rings is 1. The van der Waals surface area contributed by atoms with Crippen molar-refractivity contribution in [2.24, 2.45) is 5.92 Å². The average Bonchev–Trinajstić information content (AvgIpc) is 2.91. The Morgan fingerprint density at radius 3 is 2.75 bits per heavy atom. The summed E-state index contributed by atoms with van der Waals surface area (Å²) in [6.07, 6.45) is 2.89. The molecule has 0 aliphatic rings. The van der Waals surface area contributed by atoms with Crippen LogP contribution in [0.5, 0.6) is 0 Å². The lowest BCUT2D eigenvalue weighted by Crippen LogP contribution is -2.12. The van der Waals surface area contributed by atoms with Crippen molar-refractivity contribution in [2.45, 2.75) is 34.1 Å². The summed E-state index contributed by atoms with van der Waals surface area (Å²) in [6, 6.07) is 11.9. The van der Waals surface area contributed by atoms with Crippen LogP contribution in [0.2, 0.25) is 0 Å². The van der Waals surface area contributed by atoms with Gasteiger partial charge in [-0.05, 0) is 56.0 Å². The summed E-state index contributed by atoms with van der Waals surface area (Å²) in [5.41, 5.74) is 5.32. The second-order valence-electron chi connectivity index (χ2n) is 6.71. The van der Waals surface area contributed by atoms with E-state index in [1.165, 1.54) is 5.56 Å². The van der Waals surface area contributed by atoms with E-state index in [2.05, 4.69) is 30.2 Å². The minimum atomic E-state index is -0.128.